The van der Waals surface area contributed by atoms with Crippen molar-refractivity contribution in [2.75, 3.05) is 12.4 Å². The van der Waals surface area contributed by atoms with Crippen molar-refractivity contribution < 1.29 is 19.4 Å². The van der Waals surface area contributed by atoms with Gasteiger partial charge in [-0.05, 0) is 71.0 Å². The summed E-state index contributed by atoms with van der Waals surface area (Å²) in [7, 11) is 1.58. The Labute approximate surface area is 160 Å². The third-order valence-electron chi connectivity index (χ3n) is 4.06. The molecule has 0 aromatic heterocycles. The van der Waals surface area contributed by atoms with Gasteiger partial charge in [0, 0.05) is 9.26 Å². The first kappa shape index (κ1) is 19.2. The lowest BCUT2D eigenvalue weighted by atomic mass is 9.87. The van der Waals surface area contributed by atoms with Gasteiger partial charge in [-0.25, -0.2) is 0 Å². The number of hydrogen-bond acceptors (Lipinski definition) is 3. The van der Waals surface area contributed by atoms with Crippen LogP contribution in [0.4, 0.5) is 5.69 Å². The summed E-state index contributed by atoms with van der Waals surface area (Å²) in [5, 5.41) is 12.2. The summed E-state index contributed by atoms with van der Waals surface area (Å²) in [6.07, 6.45) is 0.341. The molecule has 0 heterocycles. The first-order valence-corrected chi connectivity index (χ1v) is 8.90. The molecule has 1 amide bonds. The van der Waals surface area contributed by atoms with Crippen LogP contribution in [0.15, 0.2) is 48.5 Å². The van der Waals surface area contributed by atoms with E-state index in [1.165, 1.54) is 0 Å². The van der Waals surface area contributed by atoms with Crippen LogP contribution in [0.2, 0.25) is 0 Å². The number of carbonyl (C=O) groups excluding carboxylic acids is 1. The van der Waals surface area contributed by atoms with Crippen molar-refractivity contribution in [2.24, 2.45) is 11.8 Å². The van der Waals surface area contributed by atoms with E-state index in [4.69, 9.17) is 4.74 Å². The number of nitrogens with one attached hydrogen (secondary N) is 1. The second kappa shape index (κ2) is 8.84. The highest BCUT2D eigenvalue weighted by atomic mass is 127. The van der Waals surface area contributed by atoms with Crippen LogP contribution in [-0.2, 0) is 16.0 Å². The molecule has 2 rings (SSSR count). The first-order chi connectivity index (χ1) is 11.9. The van der Waals surface area contributed by atoms with Gasteiger partial charge in [0.15, 0.2) is 0 Å². The average molecular weight is 453 g/mol. The molecule has 2 aromatic rings. The number of carboxylic acid groups (broad SMARTS) is 1. The molecule has 0 aliphatic rings. The Bertz CT molecular complexity index is 728. The van der Waals surface area contributed by atoms with Gasteiger partial charge in [-0.3, -0.25) is 9.59 Å². The molecule has 25 heavy (non-hydrogen) atoms. The molecule has 0 radical (unpaired) electrons. The van der Waals surface area contributed by atoms with E-state index in [1.54, 1.807) is 38.3 Å². The highest BCUT2D eigenvalue weighted by Gasteiger charge is 2.30. The van der Waals surface area contributed by atoms with Gasteiger partial charge in [-0.1, -0.05) is 19.1 Å². The van der Waals surface area contributed by atoms with Gasteiger partial charge < -0.3 is 15.2 Å². The Morgan fingerprint density at radius 1 is 1.12 bits per heavy atom. The number of benzene rings is 2. The van der Waals surface area contributed by atoms with Gasteiger partial charge in [0.1, 0.15) is 5.75 Å². The quantitative estimate of drug-likeness (QED) is 0.626. The molecule has 0 aliphatic heterocycles. The smallest absolute Gasteiger partial charge is 0.307 e. The second-order valence-electron chi connectivity index (χ2n) is 5.78. The fourth-order valence-corrected chi connectivity index (χ4v) is 2.81. The van der Waals surface area contributed by atoms with E-state index in [0.29, 0.717) is 12.1 Å². The first-order valence-electron chi connectivity index (χ1n) is 7.83. The van der Waals surface area contributed by atoms with Crippen LogP contribution >= 0.6 is 22.6 Å². The number of carbonyl (C=O) groups is 2. The Balaban J connectivity index is 2.17. The van der Waals surface area contributed by atoms with E-state index in [9.17, 15) is 14.7 Å². The SMILES string of the molecule is COc1ccc(CC(C(=O)Nc2ccc(I)cc2)C(C)C(=O)O)cc1. The zero-order chi connectivity index (χ0) is 18.4. The summed E-state index contributed by atoms with van der Waals surface area (Å²) in [6.45, 7) is 1.56. The average Bonchev–Trinajstić information content (AvgIpc) is 2.61. The van der Waals surface area contributed by atoms with E-state index < -0.39 is 17.8 Å². The molecule has 2 unspecified atom stereocenters. The number of ether oxygens (including phenoxy) is 1. The van der Waals surface area contributed by atoms with Gasteiger partial charge in [0.25, 0.3) is 0 Å². The van der Waals surface area contributed by atoms with Crippen molar-refractivity contribution in [2.45, 2.75) is 13.3 Å². The minimum Gasteiger partial charge on any atom is -0.497 e. The molecule has 0 saturated heterocycles. The number of methoxy groups -OCH3 is 1. The summed E-state index contributed by atoms with van der Waals surface area (Å²) in [4.78, 5) is 24.1. The monoisotopic (exact) mass is 453 g/mol. The summed E-state index contributed by atoms with van der Waals surface area (Å²) in [5.74, 6) is -2.05. The maximum absolute atomic E-state index is 12.7. The summed E-state index contributed by atoms with van der Waals surface area (Å²) >= 11 is 2.18. The number of carboxylic acids is 1. The van der Waals surface area contributed by atoms with Crippen molar-refractivity contribution in [3.63, 3.8) is 0 Å². The zero-order valence-corrected chi connectivity index (χ0v) is 16.2. The molecule has 0 saturated carbocycles. The molecule has 2 aromatic carbocycles. The lowest BCUT2D eigenvalue weighted by molar-refractivity contribution is -0.145. The number of rotatable bonds is 7. The predicted octanol–water partition coefficient (Wildman–Crippen LogP) is 3.82. The molecule has 2 atom stereocenters. The molecular formula is C19H20INO4. The summed E-state index contributed by atoms with van der Waals surface area (Å²) < 4.78 is 6.18. The Morgan fingerprint density at radius 2 is 1.72 bits per heavy atom. The largest absolute Gasteiger partial charge is 0.497 e. The highest BCUT2D eigenvalue weighted by molar-refractivity contribution is 14.1. The predicted molar refractivity (Wildman–Crippen MR) is 105 cm³/mol. The molecule has 0 spiro atoms. The lowest BCUT2D eigenvalue weighted by Crippen LogP contribution is -2.33. The van der Waals surface area contributed by atoms with Crippen molar-refractivity contribution in [3.05, 3.63) is 57.7 Å². The Hall–Kier alpha value is -2.09. The van der Waals surface area contributed by atoms with Crippen molar-refractivity contribution in [3.8, 4) is 5.75 Å². The lowest BCUT2D eigenvalue weighted by Gasteiger charge is -2.21. The van der Waals surface area contributed by atoms with E-state index >= 15 is 0 Å². The third kappa shape index (κ3) is 5.45. The van der Waals surface area contributed by atoms with Crippen LogP contribution in [0.3, 0.4) is 0 Å². The van der Waals surface area contributed by atoms with Gasteiger partial charge in [-0.2, -0.15) is 0 Å². The van der Waals surface area contributed by atoms with E-state index in [1.807, 2.05) is 24.3 Å². The molecule has 0 bridgehead atoms. The minimum atomic E-state index is -0.990. The molecule has 6 heteroatoms. The van der Waals surface area contributed by atoms with Gasteiger partial charge in [0.2, 0.25) is 5.91 Å². The molecule has 132 valence electrons. The molecule has 0 fully saturated rings. The number of halogens is 1. The molecule has 5 nitrogen and oxygen atoms in total. The molecular weight excluding hydrogens is 433 g/mol. The standard InChI is InChI=1S/C19H20INO4/c1-12(19(23)24)17(11-13-3-9-16(25-2)10-4-13)18(22)21-15-7-5-14(20)6-8-15/h3-10,12,17H,11H2,1-2H3,(H,21,22)(H,23,24). The number of hydrogen-bond donors (Lipinski definition) is 2. The minimum absolute atomic E-state index is 0.299. The van der Waals surface area contributed by atoms with E-state index in [0.717, 1.165) is 14.9 Å². The molecule has 2 N–H and O–H groups in total. The number of aliphatic carboxylic acids is 1. The van der Waals surface area contributed by atoms with Gasteiger partial charge in [-0.15, -0.1) is 0 Å². The van der Waals surface area contributed by atoms with Gasteiger partial charge >= 0.3 is 5.97 Å². The maximum atomic E-state index is 12.7. The third-order valence-corrected chi connectivity index (χ3v) is 4.78. The van der Waals surface area contributed by atoms with Gasteiger partial charge in [0.05, 0.1) is 18.9 Å². The summed E-state index contributed by atoms with van der Waals surface area (Å²) in [5.41, 5.74) is 1.54. The number of amides is 1. The van der Waals surface area contributed by atoms with Crippen LogP contribution in [0.5, 0.6) is 5.75 Å². The number of anilines is 1. The highest BCUT2D eigenvalue weighted by Crippen LogP contribution is 2.22. The van der Waals surface area contributed by atoms with Crippen LogP contribution in [0, 0.1) is 15.4 Å². The van der Waals surface area contributed by atoms with Crippen LogP contribution in [-0.4, -0.2) is 24.1 Å². The molecule has 0 aliphatic carbocycles. The van der Waals surface area contributed by atoms with Crippen molar-refractivity contribution >= 4 is 40.2 Å². The van der Waals surface area contributed by atoms with Crippen molar-refractivity contribution in [1.29, 1.82) is 0 Å². The Morgan fingerprint density at radius 3 is 2.24 bits per heavy atom. The maximum Gasteiger partial charge on any atom is 0.307 e. The van der Waals surface area contributed by atoms with E-state index in [2.05, 4.69) is 27.9 Å². The zero-order valence-electron chi connectivity index (χ0n) is 14.0. The van der Waals surface area contributed by atoms with Crippen LogP contribution < -0.4 is 10.1 Å². The van der Waals surface area contributed by atoms with Crippen molar-refractivity contribution in [1.82, 2.24) is 0 Å². The van der Waals surface area contributed by atoms with Crippen LogP contribution in [0.25, 0.3) is 0 Å². The topological polar surface area (TPSA) is 75.6 Å². The van der Waals surface area contributed by atoms with E-state index in [-0.39, 0.29) is 5.91 Å². The fraction of sp³-hybridized carbons (Fsp3) is 0.263. The van der Waals surface area contributed by atoms with Crippen LogP contribution in [0.1, 0.15) is 12.5 Å². The second-order valence-corrected chi connectivity index (χ2v) is 7.03. The fourth-order valence-electron chi connectivity index (χ4n) is 2.45. The Kier molecular flexibility index (Phi) is 6.81. The summed E-state index contributed by atoms with van der Waals surface area (Å²) in [6, 6.07) is 14.7. The normalized spacial score (nSPS) is 12.9.